The molecule has 0 aliphatic heterocycles. The Morgan fingerprint density at radius 3 is 1.61 bits per heavy atom. The second-order valence-electron chi connectivity index (χ2n) is 6.26. The maximum atomic E-state index is 10.3. The Morgan fingerprint density at radius 2 is 1.17 bits per heavy atom. The molecular weight excluding hydrogens is 330 g/mol. The zero-order chi connectivity index (χ0) is 15.8. The molecule has 0 saturated carbocycles. The Kier molecular flexibility index (Phi) is 30.1. The monoisotopic (exact) mass is 370 g/mol. The van der Waals surface area contributed by atoms with Crippen LogP contribution < -0.4 is 0 Å². The summed E-state index contributed by atoms with van der Waals surface area (Å²) in [5.74, 6) is -0.678. The van der Waals surface area contributed by atoms with E-state index >= 15 is 0 Å². The van der Waals surface area contributed by atoms with Gasteiger partial charge in [-0.05, 0) is 19.3 Å². The first kappa shape index (κ1) is 29.4. The molecule has 0 heterocycles. The van der Waals surface area contributed by atoms with Crippen molar-refractivity contribution >= 4 is 74.7 Å². The molecule has 0 aliphatic rings. The molecule has 0 bridgehead atoms. The van der Waals surface area contributed by atoms with Crippen molar-refractivity contribution in [3.05, 3.63) is 0 Å². The summed E-state index contributed by atoms with van der Waals surface area (Å²) in [5.41, 5.74) is 0. The van der Waals surface area contributed by atoms with Crippen LogP contribution in [0.3, 0.4) is 0 Å². The third-order valence-electron chi connectivity index (χ3n) is 4.07. The molecule has 0 radical (unpaired) electrons. The van der Waals surface area contributed by atoms with Crippen molar-refractivity contribution in [3.8, 4) is 0 Å². The maximum absolute atomic E-state index is 10.3. The number of aliphatic hydroxyl groups is 1. The van der Waals surface area contributed by atoms with Crippen LogP contribution in [0.25, 0.3) is 0 Å². The topological polar surface area (TPSA) is 57.5 Å². The Hall–Kier alpha value is 1.60. The summed E-state index contributed by atoms with van der Waals surface area (Å²) < 4.78 is 0. The molecule has 0 aromatic rings. The summed E-state index contributed by atoms with van der Waals surface area (Å²) in [6, 6.07) is 0. The zero-order valence-electron chi connectivity index (χ0n) is 14.0. The first-order valence-corrected chi connectivity index (χ1v) is 9.06. The minimum atomic E-state index is -0.678. The molecule has 5 heteroatoms. The number of hydrogen-bond donors (Lipinski definition) is 2. The van der Waals surface area contributed by atoms with E-state index in [0.717, 1.165) is 38.5 Å². The van der Waals surface area contributed by atoms with Crippen molar-refractivity contribution in [1.82, 2.24) is 0 Å². The molecule has 23 heavy (non-hydrogen) atoms. The van der Waals surface area contributed by atoms with Gasteiger partial charge in [-0.15, -0.1) is 0 Å². The van der Waals surface area contributed by atoms with E-state index in [1.54, 1.807) is 0 Å². The van der Waals surface area contributed by atoms with Crippen molar-refractivity contribution in [2.45, 2.75) is 109 Å². The number of carbonyl (C=O) groups is 1. The number of rotatable bonds is 16. The van der Waals surface area contributed by atoms with Crippen LogP contribution in [0, 0.1) is 0 Å². The third kappa shape index (κ3) is 25.9. The van der Waals surface area contributed by atoms with Crippen LogP contribution in [0.5, 0.6) is 0 Å². The summed E-state index contributed by atoms with van der Waals surface area (Å²) in [7, 11) is 0. The molecule has 0 amide bonds. The van der Waals surface area contributed by atoms with Gasteiger partial charge in [-0.1, -0.05) is 77.6 Å². The van der Waals surface area contributed by atoms with Gasteiger partial charge in [-0.2, -0.15) is 0 Å². The van der Waals surface area contributed by atoms with E-state index in [2.05, 4.69) is 6.92 Å². The van der Waals surface area contributed by atoms with Crippen molar-refractivity contribution in [3.63, 3.8) is 0 Å². The average Bonchev–Trinajstić information content (AvgIpc) is 2.45. The Bertz CT molecular complexity index is 240. The van der Waals surface area contributed by atoms with Crippen LogP contribution in [0.1, 0.15) is 103 Å². The van der Waals surface area contributed by atoms with Crippen LogP contribution in [0.4, 0.5) is 0 Å². The number of carboxylic acids is 1. The molecule has 0 aliphatic carbocycles. The van der Waals surface area contributed by atoms with Crippen LogP contribution in [0.2, 0.25) is 0 Å². The van der Waals surface area contributed by atoms with Crippen molar-refractivity contribution in [1.29, 1.82) is 0 Å². The molecule has 0 aromatic heterocycles. The average molecular weight is 371 g/mol. The second-order valence-corrected chi connectivity index (χ2v) is 6.26. The van der Waals surface area contributed by atoms with Gasteiger partial charge in [-0.25, -0.2) is 0 Å². The quantitative estimate of drug-likeness (QED) is 0.323. The predicted octanol–water partition coefficient (Wildman–Crippen LogP) is 3.47. The summed E-state index contributed by atoms with van der Waals surface area (Å²) in [6.07, 6.45) is 16.3. The molecule has 0 saturated heterocycles. The van der Waals surface area contributed by atoms with Crippen molar-refractivity contribution in [2.75, 3.05) is 0 Å². The van der Waals surface area contributed by atoms with E-state index in [9.17, 15) is 9.90 Å². The van der Waals surface area contributed by atoms with Gasteiger partial charge in [0.2, 0.25) is 0 Å². The van der Waals surface area contributed by atoms with Gasteiger partial charge < -0.3 is 10.2 Å². The normalized spacial score (nSPS) is 11.4. The summed E-state index contributed by atoms with van der Waals surface area (Å²) in [4.78, 5) is 10.3. The van der Waals surface area contributed by atoms with E-state index in [1.807, 2.05) is 0 Å². The standard InChI is InChI=1S/C18H36O3.Al.K.4H/c1-2-3-4-11-14-17(19)15-12-9-7-5-6-8-10-13-16-18(20)21;;;;;;/h17,19H,2-16H2,1H3,(H,20,21);;;;;;. The minimum absolute atomic E-state index is 0. The molecule has 0 rings (SSSR count). The van der Waals surface area contributed by atoms with Gasteiger partial charge in [0.1, 0.15) is 0 Å². The molecule has 1 atom stereocenters. The van der Waals surface area contributed by atoms with Gasteiger partial charge in [0.15, 0.2) is 17.4 Å². The van der Waals surface area contributed by atoms with E-state index in [4.69, 9.17) is 5.11 Å². The predicted molar refractivity (Wildman–Crippen MR) is 106 cm³/mol. The van der Waals surface area contributed by atoms with Crippen LogP contribution in [-0.4, -0.2) is 91.0 Å². The number of aliphatic hydroxyl groups excluding tert-OH is 1. The molecule has 0 aromatic carbocycles. The Morgan fingerprint density at radius 1 is 0.783 bits per heavy atom. The van der Waals surface area contributed by atoms with Crippen LogP contribution in [-0.2, 0) is 4.79 Å². The fourth-order valence-electron chi connectivity index (χ4n) is 2.67. The van der Waals surface area contributed by atoms with Crippen molar-refractivity contribution < 1.29 is 15.0 Å². The first-order chi connectivity index (χ1) is 10.2. The SMILES string of the molecule is CCCCCCC(O)CCCCCCCCCCC(=O)O.[AlH3].[KH]. The second kappa shape index (κ2) is 23.6. The van der Waals surface area contributed by atoms with Crippen LogP contribution >= 0.6 is 0 Å². The molecule has 0 fully saturated rings. The number of hydrogen-bond acceptors (Lipinski definition) is 2. The summed E-state index contributed by atoms with van der Waals surface area (Å²) in [5, 5.41) is 18.4. The van der Waals surface area contributed by atoms with Gasteiger partial charge in [0.05, 0.1) is 6.10 Å². The number of unbranched alkanes of at least 4 members (excludes halogenated alkanes) is 10. The van der Waals surface area contributed by atoms with E-state index in [-0.39, 0.29) is 74.8 Å². The molecular formula is C18H40AlKO3. The van der Waals surface area contributed by atoms with E-state index in [1.165, 1.54) is 51.4 Å². The summed E-state index contributed by atoms with van der Waals surface area (Å²) >= 11 is 0. The van der Waals surface area contributed by atoms with Crippen LogP contribution in [0.15, 0.2) is 0 Å². The van der Waals surface area contributed by atoms with Gasteiger partial charge >= 0.3 is 57.4 Å². The third-order valence-corrected chi connectivity index (χ3v) is 4.07. The van der Waals surface area contributed by atoms with Crippen molar-refractivity contribution in [2.24, 2.45) is 0 Å². The molecule has 1 unspecified atom stereocenters. The molecule has 3 nitrogen and oxygen atoms in total. The first-order valence-electron chi connectivity index (χ1n) is 9.06. The molecule has 2 N–H and O–H groups in total. The molecule has 0 spiro atoms. The van der Waals surface area contributed by atoms with Gasteiger partial charge in [0, 0.05) is 6.42 Å². The summed E-state index contributed by atoms with van der Waals surface area (Å²) in [6.45, 7) is 2.21. The fraction of sp³-hybridized carbons (Fsp3) is 0.944. The van der Waals surface area contributed by atoms with Gasteiger partial charge in [0.25, 0.3) is 0 Å². The van der Waals surface area contributed by atoms with E-state index < -0.39 is 5.97 Å². The van der Waals surface area contributed by atoms with Gasteiger partial charge in [-0.3, -0.25) is 4.79 Å². The number of aliphatic carboxylic acids is 1. The van der Waals surface area contributed by atoms with E-state index in [0.29, 0.717) is 6.42 Å². The molecule has 134 valence electrons. The fourth-order valence-corrected chi connectivity index (χ4v) is 2.67. The number of carboxylic acid groups (broad SMARTS) is 1. The zero-order valence-corrected chi connectivity index (χ0v) is 14.0. The Labute approximate surface area is 196 Å². The Balaban J connectivity index is -0.00000200.